The van der Waals surface area contributed by atoms with Crippen LogP contribution in [0, 0.1) is 5.92 Å². The van der Waals surface area contributed by atoms with Crippen LogP contribution in [0.3, 0.4) is 0 Å². The van der Waals surface area contributed by atoms with Gasteiger partial charge in [-0.3, -0.25) is 44.8 Å². The number of hydrazine groups is 2. The summed E-state index contributed by atoms with van der Waals surface area (Å²) in [6, 6.07) is 1.26. The molecule has 51 heavy (non-hydrogen) atoms. The number of H-pyrrole nitrogens is 1. The number of benzene rings is 1. The van der Waals surface area contributed by atoms with E-state index in [1.807, 2.05) is 13.8 Å². The first-order chi connectivity index (χ1) is 23.7. The molecule has 8 N–H and O–H groups in total. The largest absolute Gasteiger partial charge is 1.00 e. The number of carboxylic acid groups (broad SMARTS) is 1. The van der Waals surface area contributed by atoms with Gasteiger partial charge in [0.25, 0.3) is 11.5 Å². The Balaban J connectivity index is 0.00000583. The van der Waals surface area contributed by atoms with Gasteiger partial charge >= 0.3 is 35.6 Å². The van der Waals surface area contributed by atoms with Crippen molar-refractivity contribution in [2.24, 2.45) is 11.7 Å². The van der Waals surface area contributed by atoms with E-state index in [2.05, 4.69) is 31.5 Å². The molecule has 2 unspecified atom stereocenters. The van der Waals surface area contributed by atoms with Crippen molar-refractivity contribution in [3.05, 3.63) is 68.1 Å². The van der Waals surface area contributed by atoms with E-state index < -0.39 is 46.8 Å². The summed E-state index contributed by atoms with van der Waals surface area (Å²) in [6.07, 6.45) is 2.72. The van der Waals surface area contributed by atoms with Gasteiger partial charge in [-0.1, -0.05) is 30.5 Å². The third kappa shape index (κ3) is 9.15. The number of carbonyl (C=O) groups is 5. The monoisotopic (exact) mass is 768 g/mol. The Bertz CT molecular complexity index is 1830. The first kappa shape index (κ1) is 39.9. The molecule has 3 aliphatic rings. The van der Waals surface area contributed by atoms with Crippen LogP contribution >= 0.6 is 35.5 Å². The normalized spacial score (nSPS) is 18.8. The van der Waals surface area contributed by atoms with Crippen LogP contribution in [0.2, 0.25) is 0 Å². The van der Waals surface area contributed by atoms with Crippen LogP contribution < -0.4 is 72.3 Å². The number of phenolic OH excluding ortho intramolecular Hbond substituents is 1. The van der Waals surface area contributed by atoms with E-state index in [4.69, 9.17) is 5.73 Å². The molecule has 1 saturated heterocycles. The molecule has 5 rings (SSSR count). The Hall–Kier alpha value is -3.86. The predicted octanol–water partition coefficient (Wildman–Crippen LogP) is -3.37. The number of carboxylic acids is 1. The SMILES string of the molecule is CC(=O)NN1NC=C(SCC2=C(C(=O)[O-])N3C(=O)C(NC(=O)C(c4ccc(O)cc4)N(C(N)=O)c4cnc(NCC(C)C)[nH]c4=O)[C@H]3SC2)S1.[Na+]. The van der Waals surface area contributed by atoms with Crippen molar-refractivity contribution in [3.63, 3.8) is 0 Å². The van der Waals surface area contributed by atoms with E-state index >= 15 is 0 Å². The number of fused-ring (bicyclic) bond motifs is 1. The van der Waals surface area contributed by atoms with Crippen molar-refractivity contribution >= 4 is 76.8 Å². The van der Waals surface area contributed by atoms with Crippen molar-refractivity contribution in [1.82, 2.24) is 35.6 Å². The van der Waals surface area contributed by atoms with Gasteiger partial charge in [0.15, 0.2) is 0 Å². The van der Waals surface area contributed by atoms with E-state index in [1.165, 1.54) is 71.2 Å². The number of aromatic nitrogens is 2. The first-order valence-electron chi connectivity index (χ1n) is 15.0. The van der Waals surface area contributed by atoms with E-state index in [9.17, 15) is 39.0 Å². The van der Waals surface area contributed by atoms with Gasteiger partial charge in [0, 0.05) is 43.1 Å². The maximum absolute atomic E-state index is 14.0. The minimum atomic E-state index is -1.60. The van der Waals surface area contributed by atoms with Gasteiger partial charge < -0.3 is 31.4 Å². The average Bonchev–Trinajstić information content (AvgIpc) is 3.50. The number of aliphatic carboxylic acids is 1. The molecular formula is C29H33N10NaO8S3. The molecule has 0 spiro atoms. The molecule has 1 aromatic heterocycles. The fourth-order valence-electron chi connectivity index (χ4n) is 5.10. The fraction of sp³-hybridized carbons (Fsp3) is 0.345. The Morgan fingerprint density at radius 1 is 1.22 bits per heavy atom. The van der Waals surface area contributed by atoms with Crippen LogP contribution in [0.5, 0.6) is 5.75 Å². The first-order valence-corrected chi connectivity index (χ1v) is 17.8. The van der Waals surface area contributed by atoms with Crippen molar-refractivity contribution in [3.8, 4) is 5.75 Å². The number of hydrogen-bond acceptors (Lipinski definition) is 15. The summed E-state index contributed by atoms with van der Waals surface area (Å²) in [6.45, 7) is 5.76. The van der Waals surface area contributed by atoms with Gasteiger partial charge in [-0.25, -0.2) is 9.78 Å². The number of anilines is 2. The van der Waals surface area contributed by atoms with Crippen molar-refractivity contribution in [2.75, 3.05) is 28.3 Å². The number of rotatable bonds is 13. The van der Waals surface area contributed by atoms with E-state index in [0.29, 0.717) is 12.1 Å². The number of phenols is 1. The number of urea groups is 1. The van der Waals surface area contributed by atoms with Gasteiger partial charge in [0.1, 0.15) is 28.9 Å². The third-order valence-electron chi connectivity index (χ3n) is 7.34. The minimum Gasteiger partial charge on any atom is -0.543 e. The van der Waals surface area contributed by atoms with Crippen molar-refractivity contribution < 1.29 is 63.7 Å². The number of nitrogens with two attached hydrogens (primary N) is 1. The number of primary amides is 1. The summed E-state index contributed by atoms with van der Waals surface area (Å²) < 4.78 is 2.11. The Morgan fingerprint density at radius 3 is 2.53 bits per heavy atom. The second-order valence-electron chi connectivity index (χ2n) is 11.5. The van der Waals surface area contributed by atoms with Crippen LogP contribution in [0.1, 0.15) is 32.4 Å². The molecule has 1 fully saturated rings. The second kappa shape index (κ2) is 17.1. The smallest absolute Gasteiger partial charge is 0.543 e. The van der Waals surface area contributed by atoms with Crippen LogP contribution in [0.15, 0.2) is 57.0 Å². The maximum Gasteiger partial charge on any atom is 1.00 e. The summed E-state index contributed by atoms with van der Waals surface area (Å²) >= 11 is 3.70. The molecular weight excluding hydrogens is 736 g/mol. The summed E-state index contributed by atoms with van der Waals surface area (Å²) in [5.74, 6) is -2.85. The molecule has 3 aliphatic heterocycles. The predicted molar refractivity (Wildman–Crippen MR) is 185 cm³/mol. The standard InChI is InChI=1S/C29H34N10O8S3.Na/c1-13(2)8-31-29-32-9-18(23(42)35-29)37(28(30)47)21(15-4-6-17(41)7-5-15)24(43)34-20-25(44)38-22(27(45)46)16(12-49-26(20)38)11-48-19-10-33-39(50-19)36-14(3)40;/h4-7,9-10,13,20-21,26,33,41H,8,11-12H2,1-3H3,(H2,30,47)(H,34,43)(H,36,40)(H,45,46)(H2,31,32,35,42);/q;+1/p-1/t20?,21?,26-;/m1./s1. The van der Waals surface area contributed by atoms with E-state index in [0.717, 1.165) is 20.2 Å². The molecule has 3 atom stereocenters. The molecule has 0 radical (unpaired) electrons. The van der Waals surface area contributed by atoms with Gasteiger partial charge in [-0.15, -0.1) is 23.5 Å². The number of aromatic hydroxyl groups is 1. The minimum absolute atomic E-state index is 0. The third-order valence-corrected chi connectivity index (χ3v) is 10.8. The zero-order chi connectivity index (χ0) is 36.3. The maximum atomic E-state index is 14.0. The average molecular weight is 769 g/mol. The molecule has 18 nitrogen and oxygen atoms in total. The van der Waals surface area contributed by atoms with E-state index in [1.54, 1.807) is 6.20 Å². The second-order valence-corrected chi connectivity index (χ2v) is 14.9. The number of thioether (sulfide) groups is 2. The van der Waals surface area contributed by atoms with E-state index in [-0.39, 0.29) is 81.5 Å². The molecule has 22 heteroatoms. The Kier molecular flexibility index (Phi) is 13.4. The molecule has 0 saturated carbocycles. The number of amides is 5. The van der Waals surface area contributed by atoms with Crippen LogP contribution in [0.4, 0.5) is 16.4 Å². The number of nitrogens with one attached hydrogen (secondary N) is 5. The number of carbonyl (C=O) groups excluding carboxylic acids is 5. The van der Waals surface area contributed by atoms with Crippen LogP contribution in [-0.4, -0.2) is 83.7 Å². The Morgan fingerprint density at radius 2 is 1.92 bits per heavy atom. The summed E-state index contributed by atoms with van der Waals surface area (Å²) in [5.41, 5.74) is 10.2. The van der Waals surface area contributed by atoms with Gasteiger partial charge in [0.2, 0.25) is 17.8 Å². The summed E-state index contributed by atoms with van der Waals surface area (Å²) in [4.78, 5) is 85.6. The summed E-state index contributed by atoms with van der Waals surface area (Å²) in [7, 11) is 0. The van der Waals surface area contributed by atoms with Crippen molar-refractivity contribution in [2.45, 2.75) is 38.2 Å². The quantitative estimate of drug-likeness (QED) is 0.0597. The zero-order valence-corrected chi connectivity index (χ0v) is 32.2. The van der Waals surface area contributed by atoms with Gasteiger partial charge in [0.05, 0.1) is 22.1 Å². The molecule has 2 aromatic rings. The molecule has 4 heterocycles. The fourth-order valence-corrected chi connectivity index (χ4v) is 8.45. The van der Waals surface area contributed by atoms with Gasteiger partial charge in [-0.05, 0) is 29.2 Å². The topological polar surface area (TPSA) is 258 Å². The number of hydrogen-bond donors (Lipinski definition) is 7. The molecule has 266 valence electrons. The van der Waals surface area contributed by atoms with Crippen LogP contribution in [-0.2, 0) is 19.2 Å². The Labute approximate surface area is 326 Å². The zero-order valence-electron chi connectivity index (χ0n) is 27.8. The number of nitrogens with zero attached hydrogens (tertiary/aromatic N) is 4. The van der Waals surface area contributed by atoms with Crippen molar-refractivity contribution in [1.29, 1.82) is 0 Å². The van der Waals surface area contributed by atoms with Gasteiger partial charge in [-0.2, -0.15) is 0 Å². The molecule has 1 aromatic carbocycles. The number of β-lactam (4-membered cyclic amide) rings is 1. The number of aromatic amines is 1. The molecule has 0 aliphatic carbocycles. The van der Waals surface area contributed by atoms with Crippen LogP contribution in [0.25, 0.3) is 0 Å². The molecule has 0 bridgehead atoms. The molecule has 5 amide bonds. The summed E-state index contributed by atoms with van der Waals surface area (Å²) in [5, 5.41) is 26.9.